The molecule has 2 aromatic carbocycles. The molecule has 0 radical (unpaired) electrons. The van der Waals surface area contributed by atoms with Gasteiger partial charge in [0.05, 0.1) is 24.1 Å². The van der Waals surface area contributed by atoms with Crippen LogP contribution in [0, 0.1) is 12.8 Å². The second-order valence-electron chi connectivity index (χ2n) is 12.7. The summed E-state index contributed by atoms with van der Waals surface area (Å²) in [5.74, 6) is 0.845. The van der Waals surface area contributed by atoms with Crippen LogP contribution >= 0.6 is 0 Å². The number of hydrogen-bond donors (Lipinski definition) is 1. The minimum absolute atomic E-state index is 0.0487. The van der Waals surface area contributed by atoms with E-state index in [4.69, 9.17) is 0 Å². The van der Waals surface area contributed by atoms with Crippen LogP contribution in [-0.4, -0.2) is 76.7 Å². The van der Waals surface area contributed by atoms with Crippen molar-refractivity contribution < 1.29 is 9.90 Å². The number of benzene rings is 2. The molecule has 2 aliphatic heterocycles. The number of aromatic nitrogens is 5. The number of amides is 1. The van der Waals surface area contributed by atoms with Gasteiger partial charge in [0.15, 0.2) is 5.65 Å². The zero-order chi connectivity index (χ0) is 31.7. The van der Waals surface area contributed by atoms with Crippen LogP contribution in [0.25, 0.3) is 16.7 Å². The highest BCUT2D eigenvalue weighted by atomic mass is 16.3. The fourth-order valence-corrected chi connectivity index (χ4v) is 7.09. The first-order valence-electron chi connectivity index (χ1n) is 16.1. The molecule has 2 fully saturated rings. The maximum Gasteiger partial charge on any atom is 0.262 e. The van der Waals surface area contributed by atoms with Gasteiger partial charge < -0.3 is 14.6 Å². The highest BCUT2D eigenvalue weighted by Gasteiger charge is 2.41. The summed E-state index contributed by atoms with van der Waals surface area (Å²) in [6.45, 7) is 5.20. The quantitative estimate of drug-likeness (QED) is 0.295. The summed E-state index contributed by atoms with van der Waals surface area (Å²) in [6, 6.07) is 23.8. The van der Waals surface area contributed by atoms with Gasteiger partial charge in [-0.1, -0.05) is 48.5 Å². The van der Waals surface area contributed by atoms with Crippen molar-refractivity contribution >= 4 is 16.9 Å². The number of rotatable bonds is 7. The molecule has 236 valence electrons. The molecular weight excluding hydrogens is 578 g/mol. The summed E-state index contributed by atoms with van der Waals surface area (Å²) in [5, 5.41) is 12.1. The molecule has 1 amide bonds. The summed E-state index contributed by atoms with van der Waals surface area (Å²) in [7, 11) is 0. The van der Waals surface area contributed by atoms with Crippen molar-refractivity contribution in [1.29, 1.82) is 0 Å². The van der Waals surface area contributed by atoms with E-state index < -0.39 is 5.60 Å². The highest BCUT2D eigenvalue weighted by Crippen LogP contribution is 2.36. The Bertz CT molecular complexity index is 1880. The van der Waals surface area contributed by atoms with Crippen LogP contribution in [0.3, 0.4) is 0 Å². The van der Waals surface area contributed by atoms with Gasteiger partial charge in [0.25, 0.3) is 5.56 Å². The van der Waals surface area contributed by atoms with Crippen LogP contribution in [0.15, 0.2) is 96.3 Å². The van der Waals surface area contributed by atoms with Crippen molar-refractivity contribution in [2.75, 3.05) is 26.2 Å². The molecule has 1 N–H and O–H groups in total. The van der Waals surface area contributed by atoms with Gasteiger partial charge in [-0.3, -0.25) is 19.1 Å². The van der Waals surface area contributed by atoms with E-state index in [1.54, 1.807) is 12.3 Å². The normalized spacial score (nSPS) is 20.2. The Morgan fingerprint density at radius 2 is 1.70 bits per heavy atom. The van der Waals surface area contributed by atoms with E-state index in [0.29, 0.717) is 43.5 Å². The lowest BCUT2D eigenvalue weighted by molar-refractivity contribution is -0.142. The van der Waals surface area contributed by atoms with E-state index >= 15 is 0 Å². The predicted molar refractivity (Wildman–Crippen MR) is 175 cm³/mol. The van der Waals surface area contributed by atoms with Crippen LogP contribution < -0.4 is 5.56 Å². The van der Waals surface area contributed by atoms with Crippen molar-refractivity contribution in [1.82, 2.24) is 33.9 Å². The van der Waals surface area contributed by atoms with Crippen LogP contribution in [-0.2, 0) is 17.9 Å². The first kappa shape index (κ1) is 30.0. The van der Waals surface area contributed by atoms with Crippen molar-refractivity contribution in [2.45, 2.75) is 50.8 Å². The zero-order valence-electron chi connectivity index (χ0n) is 26.1. The number of para-hydroxylation sites is 1. The van der Waals surface area contributed by atoms with Crippen LogP contribution in [0.4, 0.5) is 0 Å². The summed E-state index contributed by atoms with van der Waals surface area (Å²) in [4.78, 5) is 45.4. The second-order valence-corrected chi connectivity index (χ2v) is 12.7. The Labute approximate surface area is 268 Å². The monoisotopic (exact) mass is 617 g/mol. The van der Waals surface area contributed by atoms with E-state index in [-0.39, 0.29) is 29.8 Å². The molecule has 7 rings (SSSR count). The Balaban J connectivity index is 1.03. The molecule has 5 heterocycles. The number of carbonyl (C=O) groups is 1. The lowest BCUT2D eigenvalue weighted by atomic mass is 9.79. The minimum atomic E-state index is -1.10. The van der Waals surface area contributed by atoms with Gasteiger partial charge in [0.2, 0.25) is 5.91 Å². The highest BCUT2D eigenvalue weighted by molar-refractivity contribution is 5.80. The zero-order valence-corrected chi connectivity index (χ0v) is 26.1. The number of nitrogens with zero attached hydrogens (tertiary/aromatic N) is 7. The lowest BCUT2D eigenvalue weighted by Gasteiger charge is -2.43. The molecule has 10 nitrogen and oxygen atoms in total. The van der Waals surface area contributed by atoms with Crippen molar-refractivity contribution in [3.8, 4) is 5.69 Å². The van der Waals surface area contributed by atoms with Crippen molar-refractivity contribution in [2.24, 2.45) is 5.92 Å². The van der Waals surface area contributed by atoms with E-state index in [2.05, 4.69) is 32.0 Å². The molecule has 2 aliphatic rings. The van der Waals surface area contributed by atoms with Gasteiger partial charge in [-0.25, -0.2) is 15.0 Å². The Hall–Kier alpha value is -4.67. The first-order valence-corrected chi connectivity index (χ1v) is 16.1. The average Bonchev–Trinajstić information content (AvgIpc) is 3.52. The number of fused-ring (bicyclic) bond motifs is 1. The number of carbonyl (C=O) groups excluding carboxylic acids is 1. The van der Waals surface area contributed by atoms with Gasteiger partial charge >= 0.3 is 0 Å². The molecule has 2 atom stereocenters. The number of piperidine rings is 2. The van der Waals surface area contributed by atoms with Gasteiger partial charge in [-0.15, -0.1) is 0 Å². The molecular formula is C36H39N7O3. The Morgan fingerprint density at radius 3 is 2.43 bits per heavy atom. The lowest BCUT2D eigenvalue weighted by Crippen LogP contribution is -2.53. The molecule has 46 heavy (non-hydrogen) atoms. The largest absolute Gasteiger partial charge is 0.388 e. The maximum absolute atomic E-state index is 14.1. The van der Waals surface area contributed by atoms with Crippen LogP contribution in [0.1, 0.15) is 42.3 Å². The van der Waals surface area contributed by atoms with E-state index in [1.807, 2.05) is 77.2 Å². The first-order chi connectivity index (χ1) is 22.4. The van der Waals surface area contributed by atoms with Crippen molar-refractivity contribution in [3.05, 3.63) is 119 Å². The van der Waals surface area contributed by atoms with Crippen LogP contribution in [0.5, 0.6) is 0 Å². The molecule has 0 bridgehead atoms. The molecule has 0 spiro atoms. The number of likely N-dealkylation sites (tertiary alicyclic amines) is 2. The predicted octanol–water partition coefficient (Wildman–Crippen LogP) is 3.95. The molecule has 0 unspecified atom stereocenters. The third-order valence-corrected chi connectivity index (χ3v) is 9.63. The standard InChI is InChI=1S/C36H39N7O3/c1-26-12-17-37-32(39-26)23-40-18-13-29(31(22-40)27-8-4-2-5-9-27)34(44)41-20-15-36(46,16-21-41)24-42-25-38-33-30(35(42)45)14-19-43(33)28-10-6-3-7-11-28/h2-12,14,17,19,25,29,31,46H,13,15-16,18,20-24H2,1H3/t29-,31+/m1/s1. The van der Waals surface area contributed by atoms with Gasteiger partial charge in [-0.05, 0) is 62.6 Å². The summed E-state index contributed by atoms with van der Waals surface area (Å²) in [5.41, 5.74) is 2.34. The van der Waals surface area contributed by atoms with Crippen molar-refractivity contribution in [3.63, 3.8) is 0 Å². The Kier molecular flexibility index (Phi) is 8.23. The maximum atomic E-state index is 14.1. The molecule has 2 saturated heterocycles. The topological polar surface area (TPSA) is 109 Å². The third-order valence-electron chi connectivity index (χ3n) is 9.63. The Morgan fingerprint density at radius 1 is 0.957 bits per heavy atom. The second kappa shape index (κ2) is 12.6. The number of hydrogen-bond acceptors (Lipinski definition) is 7. The smallest absolute Gasteiger partial charge is 0.262 e. The number of aryl methyl sites for hydroxylation is 1. The van der Waals surface area contributed by atoms with E-state index in [9.17, 15) is 14.7 Å². The summed E-state index contributed by atoms with van der Waals surface area (Å²) < 4.78 is 3.40. The SMILES string of the molecule is Cc1ccnc(CN2CC[C@@H](C(=O)N3CCC(O)(Cn4cnc5c(ccn5-c5ccccc5)c4=O)CC3)[C@H](c3ccccc3)C2)n1. The fourth-order valence-electron chi connectivity index (χ4n) is 7.09. The summed E-state index contributed by atoms with van der Waals surface area (Å²) >= 11 is 0. The van der Waals surface area contributed by atoms with Gasteiger partial charge in [0.1, 0.15) is 12.2 Å². The molecule has 0 saturated carbocycles. The minimum Gasteiger partial charge on any atom is -0.388 e. The third kappa shape index (κ3) is 6.10. The van der Waals surface area contributed by atoms with Gasteiger partial charge in [-0.2, -0.15) is 0 Å². The number of aliphatic hydroxyl groups is 1. The van der Waals surface area contributed by atoms with Gasteiger partial charge in [0, 0.05) is 55.2 Å². The average molecular weight is 618 g/mol. The van der Waals surface area contributed by atoms with E-state index in [1.165, 1.54) is 10.9 Å². The van der Waals surface area contributed by atoms with E-state index in [0.717, 1.165) is 42.3 Å². The van der Waals surface area contributed by atoms with Crippen LogP contribution in [0.2, 0.25) is 0 Å². The fraction of sp³-hybridized carbons (Fsp3) is 0.361. The summed E-state index contributed by atoms with van der Waals surface area (Å²) in [6.07, 6.45) is 6.71. The molecule has 0 aliphatic carbocycles. The molecule has 3 aromatic heterocycles. The molecule has 5 aromatic rings. The molecule has 10 heteroatoms.